The van der Waals surface area contributed by atoms with Gasteiger partial charge in [0.1, 0.15) is 29.9 Å². The van der Waals surface area contributed by atoms with E-state index >= 15 is 0 Å². The highest BCUT2D eigenvalue weighted by Gasteiger charge is 2.30. The molecule has 0 spiro atoms. The molecule has 0 saturated heterocycles. The second-order valence-corrected chi connectivity index (χ2v) is 11.5. The van der Waals surface area contributed by atoms with E-state index in [2.05, 4.69) is 5.32 Å². The highest BCUT2D eigenvalue weighted by Crippen LogP contribution is 2.26. The van der Waals surface area contributed by atoms with Gasteiger partial charge in [0.25, 0.3) is 0 Å². The topological polar surface area (TPSA) is 96.0 Å². The van der Waals surface area contributed by atoms with E-state index in [4.69, 9.17) is 4.74 Å². The van der Waals surface area contributed by atoms with Crippen molar-refractivity contribution >= 4 is 27.5 Å². The van der Waals surface area contributed by atoms with Crippen LogP contribution in [0.5, 0.6) is 11.5 Å². The van der Waals surface area contributed by atoms with Gasteiger partial charge in [-0.05, 0) is 55.3 Å². The number of benzene rings is 3. The van der Waals surface area contributed by atoms with Crippen LogP contribution in [0, 0.1) is 11.7 Å². The van der Waals surface area contributed by atoms with Crippen LogP contribution in [0.4, 0.5) is 10.1 Å². The van der Waals surface area contributed by atoms with Gasteiger partial charge >= 0.3 is 0 Å². The molecule has 0 aromatic heterocycles. The summed E-state index contributed by atoms with van der Waals surface area (Å²) in [5.41, 5.74) is 0.455. The first-order chi connectivity index (χ1) is 18.5. The zero-order chi connectivity index (χ0) is 28.6. The summed E-state index contributed by atoms with van der Waals surface area (Å²) in [6.45, 7) is 5.03. The number of hydrogen-bond acceptors (Lipinski definition) is 5. The van der Waals surface area contributed by atoms with E-state index in [1.165, 1.54) is 42.2 Å². The maximum atomic E-state index is 14.5. The van der Waals surface area contributed by atoms with Gasteiger partial charge in [0.15, 0.2) is 0 Å². The van der Waals surface area contributed by atoms with Crippen molar-refractivity contribution < 1.29 is 27.1 Å². The molecule has 0 aliphatic heterocycles. The van der Waals surface area contributed by atoms with Gasteiger partial charge in [-0.15, -0.1) is 0 Å². The van der Waals surface area contributed by atoms with Crippen molar-refractivity contribution in [1.29, 1.82) is 0 Å². The van der Waals surface area contributed by atoms with Crippen LogP contribution in [-0.2, 0) is 26.2 Å². The molecule has 0 fully saturated rings. The number of rotatable bonds is 12. The molecule has 2 amide bonds. The van der Waals surface area contributed by atoms with Gasteiger partial charge in [-0.3, -0.25) is 13.9 Å². The third-order valence-electron chi connectivity index (χ3n) is 5.93. The van der Waals surface area contributed by atoms with Gasteiger partial charge in [0.05, 0.1) is 11.9 Å². The van der Waals surface area contributed by atoms with E-state index in [1.807, 2.05) is 32.0 Å². The van der Waals surface area contributed by atoms with Crippen LogP contribution in [0.15, 0.2) is 78.9 Å². The van der Waals surface area contributed by atoms with Crippen molar-refractivity contribution in [2.75, 3.05) is 23.7 Å². The number of anilines is 1. The lowest BCUT2D eigenvalue weighted by Crippen LogP contribution is -2.51. The lowest BCUT2D eigenvalue weighted by molar-refractivity contribution is -0.139. The van der Waals surface area contributed by atoms with Crippen LogP contribution in [-0.4, -0.2) is 50.5 Å². The largest absolute Gasteiger partial charge is 0.457 e. The van der Waals surface area contributed by atoms with Crippen LogP contribution in [0.2, 0.25) is 0 Å². The van der Waals surface area contributed by atoms with E-state index < -0.39 is 40.2 Å². The number of para-hydroxylation sites is 1. The maximum Gasteiger partial charge on any atom is 0.244 e. The molecule has 3 rings (SSSR count). The molecule has 0 unspecified atom stereocenters. The summed E-state index contributed by atoms with van der Waals surface area (Å²) in [6.07, 6.45) is 0.995. The van der Waals surface area contributed by atoms with Crippen LogP contribution in [0.25, 0.3) is 0 Å². The van der Waals surface area contributed by atoms with E-state index in [0.29, 0.717) is 18.0 Å². The van der Waals surface area contributed by atoms with E-state index in [9.17, 15) is 22.4 Å². The number of amides is 2. The van der Waals surface area contributed by atoms with Crippen LogP contribution in [0.3, 0.4) is 0 Å². The predicted molar refractivity (Wildman–Crippen MR) is 149 cm³/mol. The summed E-state index contributed by atoms with van der Waals surface area (Å²) in [5, 5.41) is 2.79. The quantitative estimate of drug-likeness (QED) is 0.353. The molecule has 1 N–H and O–H groups in total. The molecular weight excluding hydrogens is 521 g/mol. The first kappa shape index (κ1) is 29.6. The first-order valence-corrected chi connectivity index (χ1v) is 14.4. The van der Waals surface area contributed by atoms with Crippen molar-refractivity contribution in [3.63, 3.8) is 0 Å². The highest BCUT2D eigenvalue weighted by molar-refractivity contribution is 7.92. The average Bonchev–Trinajstić information content (AvgIpc) is 2.90. The summed E-state index contributed by atoms with van der Waals surface area (Å²) in [4.78, 5) is 27.6. The van der Waals surface area contributed by atoms with Crippen molar-refractivity contribution in [2.45, 2.75) is 33.4 Å². The average molecular weight is 556 g/mol. The normalized spacial score (nSPS) is 12.1. The Hall–Kier alpha value is -3.92. The van der Waals surface area contributed by atoms with Gasteiger partial charge < -0.3 is 15.0 Å². The Kier molecular flexibility index (Phi) is 10.1. The third kappa shape index (κ3) is 8.54. The van der Waals surface area contributed by atoms with E-state index in [1.54, 1.807) is 30.3 Å². The molecule has 10 heteroatoms. The zero-order valence-corrected chi connectivity index (χ0v) is 23.3. The lowest BCUT2D eigenvalue weighted by atomic mass is 10.1. The Morgan fingerprint density at radius 1 is 0.897 bits per heavy atom. The Balaban J connectivity index is 1.86. The van der Waals surface area contributed by atoms with Crippen LogP contribution in [0.1, 0.15) is 26.3 Å². The number of carbonyl (C=O) groups excluding carboxylic acids is 2. The summed E-state index contributed by atoms with van der Waals surface area (Å²) >= 11 is 0. The fraction of sp³-hybridized carbons (Fsp3) is 0.310. The fourth-order valence-electron chi connectivity index (χ4n) is 3.76. The van der Waals surface area contributed by atoms with Gasteiger partial charge in [-0.2, -0.15) is 0 Å². The second kappa shape index (κ2) is 13.2. The number of ether oxygens (including phenoxy) is 1. The Labute approximate surface area is 229 Å². The number of hydrogen-bond donors (Lipinski definition) is 1. The zero-order valence-electron chi connectivity index (χ0n) is 22.5. The molecule has 0 heterocycles. The number of carbonyl (C=O) groups is 2. The van der Waals surface area contributed by atoms with Crippen LogP contribution >= 0.6 is 0 Å². The molecular formula is C29H34FN3O5S. The minimum Gasteiger partial charge on any atom is -0.457 e. The second-order valence-electron chi connectivity index (χ2n) is 9.61. The minimum atomic E-state index is -3.90. The molecule has 0 bridgehead atoms. The van der Waals surface area contributed by atoms with Crippen molar-refractivity contribution in [2.24, 2.45) is 5.92 Å². The first-order valence-electron chi connectivity index (χ1n) is 12.6. The fourth-order valence-corrected chi connectivity index (χ4v) is 4.61. The minimum absolute atomic E-state index is 0.187. The standard InChI is InChI=1S/C29H34FN3O5S/c1-21(2)18-31-29(35)22(3)32(19-23-10-8-9-13-27(23)30)28(34)20-33(39(4,36)37)24-14-16-26(17-15-24)38-25-11-6-5-7-12-25/h5-17,21-22H,18-20H2,1-4H3,(H,31,35)/t22-/m0/s1. The number of halogens is 1. The van der Waals surface area contributed by atoms with Crippen molar-refractivity contribution in [1.82, 2.24) is 10.2 Å². The SMILES string of the molecule is CC(C)CNC(=O)[C@H](C)N(Cc1ccccc1F)C(=O)CN(c1ccc(Oc2ccccc2)cc1)S(C)(=O)=O. The smallest absolute Gasteiger partial charge is 0.244 e. The molecule has 3 aromatic carbocycles. The number of nitrogens with zero attached hydrogens (tertiary/aromatic N) is 2. The summed E-state index contributed by atoms with van der Waals surface area (Å²) in [7, 11) is -3.90. The molecule has 39 heavy (non-hydrogen) atoms. The number of sulfonamides is 1. The molecule has 0 radical (unpaired) electrons. The maximum absolute atomic E-state index is 14.5. The molecule has 3 aromatic rings. The molecule has 0 saturated carbocycles. The summed E-state index contributed by atoms with van der Waals surface area (Å²) in [5.74, 6) is -0.303. The van der Waals surface area contributed by atoms with Crippen molar-refractivity contribution in [3.8, 4) is 11.5 Å². The molecule has 8 nitrogen and oxygen atoms in total. The molecule has 1 atom stereocenters. The summed E-state index contributed by atoms with van der Waals surface area (Å²) < 4.78 is 46.7. The lowest BCUT2D eigenvalue weighted by Gasteiger charge is -2.31. The van der Waals surface area contributed by atoms with Gasteiger partial charge in [-0.25, -0.2) is 12.8 Å². The molecule has 0 aliphatic carbocycles. The highest BCUT2D eigenvalue weighted by atomic mass is 32.2. The Morgan fingerprint density at radius 2 is 1.49 bits per heavy atom. The van der Waals surface area contributed by atoms with Crippen LogP contribution < -0.4 is 14.4 Å². The van der Waals surface area contributed by atoms with E-state index in [-0.39, 0.29) is 23.7 Å². The summed E-state index contributed by atoms with van der Waals surface area (Å²) in [6, 6.07) is 20.4. The Bertz CT molecular complexity index is 1370. The molecule has 0 aliphatic rings. The predicted octanol–water partition coefficient (Wildman–Crippen LogP) is 4.57. The van der Waals surface area contributed by atoms with E-state index in [0.717, 1.165) is 10.6 Å². The Morgan fingerprint density at radius 3 is 2.08 bits per heavy atom. The third-order valence-corrected chi connectivity index (χ3v) is 7.07. The molecule has 208 valence electrons. The number of nitrogens with one attached hydrogen (secondary N) is 1. The van der Waals surface area contributed by atoms with Gasteiger partial charge in [0.2, 0.25) is 21.8 Å². The van der Waals surface area contributed by atoms with Gasteiger partial charge in [-0.1, -0.05) is 50.2 Å². The van der Waals surface area contributed by atoms with Gasteiger partial charge in [0, 0.05) is 18.7 Å². The monoisotopic (exact) mass is 555 g/mol. The van der Waals surface area contributed by atoms with Crippen molar-refractivity contribution in [3.05, 3.63) is 90.2 Å².